The molecule has 13 heteroatoms. The summed E-state index contributed by atoms with van der Waals surface area (Å²) in [6, 6.07) is 32.0. The van der Waals surface area contributed by atoms with E-state index in [4.69, 9.17) is 4.74 Å². The van der Waals surface area contributed by atoms with Crippen LogP contribution in [0.5, 0.6) is 0 Å². The zero-order chi connectivity index (χ0) is 60.3. The van der Waals surface area contributed by atoms with E-state index < -0.39 is 0 Å². The average molecular weight is 1110 g/mol. The second kappa shape index (κ2) is 24.4. The smallest absolute Gasteiger partial charge is 0.239 e. The van der Waals surface area contributed by atoms with Crippen molar-refractivity contribution in [2.45, 2.75) is 191 Å². The number of H-pyrrole nitrogens is 4. The molecule has 0 bridgehead atoms. The number of ether oxygens (including phenoxy) is 1. The van der Waals surface area contributed by atoms with E-state index >= 15 is 0 Å². The lowest BCUT2D eigenvalue weighted by Crippen LogP contribution is -2.52. The number of benzene rings is 5. The third kappa shape index (κ3) is 15.7. The Morgan fingerprint density at radius 3 is 1.72 bits per heavy atom. The molecule has 4 aromatic heterocycles. The van der Waals surface area contributed by atoms with Gasteiger partial charge in [0.2, 0.25) is 11.8 Å². The van der Waals surface area contributed by atoms with Crippen LogP contribution in [0.15, 0.2) is 104 Å². The third-order valence-electron chi connectivity index (χ3n) is 15.4. The second-order valence-corrected chi connectivity index (χ2v) is 28.7. The van der Waals surface area contributed by atoms with Gasteiger partial charge in [0.1, 0.15) is 11.6 Å². The van der Waals surface area contributed by atoms with Gasteiger partial charge < -0.3 is 34.9 Å². The van der Waals surface area contributed by atoms with Crippen LogP contribution < -0.4 is 5.32 Å². The zero-order valence-corrected chi connectivity index (χ0v) is 53.0. The van der Waals surface area contributed by atoms with Crippen molar-refractivity contribution in [3.63, 3.8) is 0 Å². The van der Waals surface area contributed by atoms with Crippen LogP contribution in [-0.4, -0.2) is 75.7 Å². The average Bonchev–Trinajstić information content (AvgIpc) is 4.45. The van der Waals surface area contributed by atoms with Crippen LogP contribution in [0.3, 0.4) is 0 Å². The third-order valence-corrected chi connectivity index (χ3v) is 15.4. The SMILES string of the molecule is CC(C)(C)C1CC2CNC(=O)CN2C1=O.CC(C)(C)c1ccc2c(c1)COC2.CC(C)(C)c1ccc2nc[nH]c2c1.CC(C)(C)c1nc2ccccc2[nH]1.Cc1cc(C(C)(C)C)cc2[nH]cnc12.Cc1cccc2[nH]c(C(C)(C)C)nc12. The van der Waals surface area contributed by atoms with Gasteiger partial charge in [-0.15, -0.1) is 0 Å². The number of fused-ring (bicyclic) bond motifs is 6. The zero-order valence-electron chi connectivity index (χ0n) is 53.0. The molecule has 3 aliphatic heterocycles. The Balaban J connectivity index is 0.000000142. The number of nitrogens with zero attached hydrogens (tertiary/aromatic N) is 5. The molecule has 13 nitrogen and oxygen atoms in total. The number of hydrogen-bond acceptors (Lipinski definition) is 7. The van der Waals surface area contributed by atoms with Gasteiger partial charge >= 0.3 is 0 Å². The number of carbonyl (C=O) groups is 2. The Morgan fingerprint density at radius 1 is 0.512 bits per heavy atom. The summed E-state index contributed by atoms with van der Waals surface area (Å²) in [5.41, 5.74) is 18.9. The van der Waals surface area contributed by atoms with Gasteiger partial charge in [0, 0.05) is 23.3 Å². The molecule has 5 aromatic carbocycles. The normalized spacial score (nSPS) is 16.4. The summed E-state index contributed by atoms with van der Waals surface area (Å²) in [6.45, 7) is 45.9. The van der Waals surface area contributed by atoms with E-state index in [2.05, 4.69) is 256 Å². The monoisotopic (exact) mass is 1110 g/mol. The highest BCUT2D eigenvalue weighted by Gasteiger charge is 2.47. The molecule has 2 fully saturated rings. The number of aryl methyl sites for hydroxylation is 2. The van der Waals surface area contributed by atoms with E-state index in [1.54, 1.807) is 17.6 Å². The van der Waals surface area contributed by atoms with E-state index in [-0.39, 0.29) is 62.8 Å². The van der Waals surface area contributed by atoms with Crippen LogP contribution in [0.4, 0.5) is 0 Å². The molecule has 2 unspecified atom stereocenters. The molecule has 7 heterocycles. The quantitative estimate of drug-likeness (QED) is 0.100. The number of amides is 2. The first-order valence-electron chi connectivity index (χ1n) is 29.1. The Hall–Kier alpha value is -7.12. The molecule has 82 heavy (non-hydrogen) atoms. The van der Waals surface area contributed by atoms with Crippen molar-refractivity contribution in [1.29, 1.82) is 0 Å². The largest absolute Gasteiger partial charge is 0.372 e. The Bertz CT molecular complexity index is 3580. The van der Waals surface area contributed by atoms with Gasteiger partial charge in [-0.1, -0.05) is 179 Å². The van der Waals surface area contributed by atoms with E-state index in [1.807, 2.05) is 18.2 Å². The van der Waals surface area contributed by atoms with Crippen molar-refractivity contribution in [1.82, 2.24) is 50.1 Å². The summed E-state index contributed by atoms with van der Waals surface area (Å²) in [5, 5.41) is 2.81. The molecule has 0 saturated carbocycles. The molecule has 2 amide bonds. The van der Waals surface area contributed by atoms with Crippen molar-refractivity contribution in [3.05, 3.63) is 154 Å². The van der Waals surface area contributed by atoms with E-state index in [0.717, 1.165) is 75.4 Å². The van der Waals surface area contributed by atoms with Gasteiger partial charge in [-0.25, -0.2) is 19.9 Å². The van der Waals surface area contributed by atoms with Gasteiger partial charge in [-0.2, -0.15) is 0 Å². The van der Waals surface area contributed by atoms with Gasteiger partial charge in [0.15, 0.2) is 0 Å². The first-order valence-corrected chi connectivity index (χ1v) is 29.1. The van der Waals surface area contributed by atoms with Crippen LogP contribution in [0.25, 0.3) is 44.1 Å². The molecule has 9 aromatic rings. The fraction of sp³-hybridized carbons (Fsp3) is 0.478. The van der Waals surface area contributed by atoms with E-state index in [1.165, 1.54) is 38.9 Å². The Morgan fingerprint density at radius 2 is 1.09 bits per heavy atom. The van der Waals surface area contributed by atoms with Crippen molar-refractivity contribution in [2.75, 3.05) is 13.1 Å². The molecule has 3 aliphatic rings. The molecular weight excluding hydrogens is 1020 g/mol. The van der Waals surface area contributed by atoms with Crippen molar-refractivity contribution in [3.8, 4) is 0 Å². The van der Waals surface area contributed by atoms with Crippen LogP contribution in [-0.2, 0) is 54.6 Å². The molecule has 12 rings (SSSR count). The summed E-state index contributed by atoms with van der Waals surface area (Å²) >= 11 is 0. The minimum absolute atomic E-state index is 0.00251. The number of rotatable bonds is 0. The lowest BCUT2D eigenvalue weighted by Gasteiger charge is -2.29. The number of imidazole rings is 4. The minimum Gasteiger partial charge on any atom is -0.372 e. The molecule has 0 radical (unpaired) electrons. The molecule has 0 aliphatic carbocycles. The fourth-order valence-corrected chi connectivity index (χ4v) is 9.99. The van der Waals surface area contributed by atoms with Crippen molar-refractivity contribution < 1.29 is 14.3 Å². The maximum atomic E-state index is 12.1. The van der Waals surface area contributed by atoms with Crippen LogP contribution in [0.2, 0.25) is 0 Å². The standard InChI is InChI=1S/2C12H16N2.C12H16O.C11H18N2O2.2C11H14N2/c1-8-5-9(12(2,3)4)6-10-11(8)14-7-13-10;1-8-6-5-7-9-10(8)14-11(13-9)12(2,3)4;1-12(2,3)11-5-4-9-7-13-8-10(9)6-11;1-11(2,3)8-4-7-5-12-9(14)6-13(7)10(8)15;1-11(2,3)8-4-5-9-10(6-8)13-7-12-9;1-11(2,3)10-12-8-6-4-5-7-9(8)13-10/h2*5-7H,1-4H3,(H,13,14);4-6H,7-8H2,1-3H3;7-8H,4-6H2,1-3H3,(H,12,14);2*4-7H,1-3H3,(H,12,13). The topological polar surface area (TPSA) is 173 Å². The van der Waals surface area contributed by atoms with Gasteiger partial charge in [-0.3, -0.25) is 9.59 Å². The van der Waals surface area contributed by atoms with Crippen LogP contribution in [0.1, 0.15) is 182 Å². The first kappa shape index (κ1) is 62.5. The second-order valence-electron chi connectivity index (χ2n) is 28.7. The number of nitrogens with one attached hydrogen (secondary N) is 5. The van der Waals surface area contributed by atoms with Crippen molar-refractivity contribution in [2.24, 2.45) is 11.3 Å². The Labute approximate surface area is 488 Å². The maximum Gasteiger partial charge on any atom is 0.239 e. The van der Waals surface area contributed by atoms with Crippen molar-refractivity contribution >= 4 is 55.9 Å². The number of hydrogen-bond donors (Lipinski definition) is 5. The lowest BCUT2D eigenvalue weighted by atomic mass is 9.79. The van der Waals surface area contributed by atoms with Crippen LogP contribution >= 0.6 is 0 Å². The number of para-hydroxylation sites is 3. The van der Waals surface area contributed by atoms with Crippen LogP contribution in [0, 0.1) is 25.2 Å². The molecule has 5 N–H and O–H groups in total. The predicted octanol–water partition coefficient (Wildman–Crippen LogP) is 15.5. The lowest BCUT2D eigenvalue weighted by molar-refractivity contribution is -0.140. The summed E-state index contributed by atoms with van der Waals surface area (Å²) in [5.74, 6) is 2.29. The maximum absolute atomic E-state index is 12.1. The number of aromatic nitrogens is 8. The van der Waals surface area contributed by atoms with Gasteiger partial charge in [-0.05, 0) is 117 Å². The highest BCUT2D eigenvalue weighted by atomic mass is 16.5. The summed E-state index contributed by atoms with van der Waals surface area (Å²) in [7, 11) is 0. The highest BCUT2D eigenvalue weighted by Crippen LogP contribution is 2.38. The minimum atomic E-state index is -0.0332. The molecule has 2 atom stereocenters. The molecule has 2 saturated heterocycles. The number of carbonyl (C=O) groups excluding carboxylic acids is 2. The van der Waals surface area contributed by atoms with E-state index in [0.29, 0.717) is 6.54 Å². The summed E-state index contributed by atoms with van der Waals surface area (Å²) in [6.07, 6.45) is 4.36. The molecular formula is C69H94N10O3. The van der Waals surface area contributed by atoms with E-state index in [9.17, 15) is 9.59 Å². The first-order chi connectivity index (χ1) is 38.1. The molecule has 0 spiro atoms. The highest BCUT2D eigenvalue weighted by molar-refractivity contribution is 5.89. The van der Waals surface area contributed by atoms with Gasteiger partial charge in [0.05, 0.1) is 82.6 Å². The summed E-state index contributed by atoms with van der Waals surface area (Å²) < 4.78 is 5.38. The fourth-order valence-electron chi connectivity index (χ4n) is 9.99. The summed E-state index contributed by atoms with van der Waals surface area (Å²) in [4.78, 5) is 55.6. The predicted molar refractivity (Wildman–Crippen MR) is 338 cm³/mol. The number of piperazine rings is 1. The number of aromatic amines is 4. The van der Waals surface area contributed by atoms with Gasteiger partial charge in [0.25, 0.3) is 0 Å². The Kier molecular flexibility index (Phi) is 18.6. The molecule has 438 valence electrons.